The van der Waals surface area contributed by atoms with E-state index in [-0.39, 0.29) is 5.91 Å². The molecule has 4 heteroatoms. The van der Waals surface area contributed by atoms with E-state index in [4.69, 9.17) is 5.73 Å². The number of carbonyl (C=O) groups excluding carboxylic acids is 1. The lowest BCUT2D eigenvalue weighted by atomic mass is 10.1. The number of benzene rings is 2. The zero-order chi connectivity index (χ0) is 13.4. The molecule has 19 heavy (non-hydrogen) atoms. The minimum atomic E-state index is 0.0249. The molecule has 0 radical (unpaired) electrons. The van der Waals surface area contributed by atoms with E-state index in [2.05, 4.69) is 15.9 Å². The van der Waals surface area contributed by atoms with Gasteiger partial charge >= 0.3 is 0 Å². The normalized spacial score (nSPS) is 13.4. The summed E-state index contributed by atoms with van der Waals surface area (Å²) in [4.78, 5) is 14.3. The molecule has 0 fully saturated rings. The van der Waals surface area contributed by atoms with Gasteiger partial charge in [-0.3, -0.25) is 4.79 Å². The zero-order valence-electron chi connectivity index (χ0n) is 10.3. The third kappa shape index (κ3) is 2.24. The topological polar surface area (TPSA) is 46.3 Å². The van der Waals surface area contributed by atoms with Crippen LogP contribution < -0.4 is 10.6 Å². The molecule has 3 rings (SSSR count). The molecule has 0 bridgehead atoms. The van der Waals surface area contributed by atoms with Crippen LogP contribution in [0, 0.1) is 0 Å². The number of amides is 1. The van der Waals surface area contributed by atoms with Crippen molar-refractivity contribution in [3.63, 3.8) is 0 Å². The van der Waals surface area contributed by atoms with Crippen LogP contribution in [0.2, 0.25) is 0 Å². The lowest BCUT2D eigenvalue weighted by Gasteiger charge is -2.17. The van der Waals surface area contributed by atoms with E-state index >= 15 is 0 Å². The lowest BCUT2D eigenvalue weighted by Crippen LogP contribution is -2.28. The Kier molecular flexibility index (Phi) is 3.03. The molecular formula is C15H13BrN2O. The summed E-state index contributed by atoms with van der Waals surface area (Å²) in [6.45, 7) is 0.716. The molecule has 0 spiro atoms. The molecule has 1 aliphatic heterocycles. The Hall–Kier alpha value is -1.81. The van der Waals surface area contributed by atoms with Crippen LogP contribution in [-0.4, -0.2) is 12.5 Å². The number of anilines is 2. The maximum atomic E-state index is 12.5. The molecule has 0 aromatic heterocycles. The molecule has 0 saturated carbocycles. The third-order valence-electron chi connectivity index (χ3n) is 3.34. The maximum absolute atomic E-state index is 12.5. The van der Waals surface area contributed by atoms with Crippen LogP contribution in [0.5, 0.6) is 0 Å². The number of fused-ring (bicyclic) bond motifs is 1. The lowest BCUT2D eigenvalue weighted by molar-refractivity contribution is 0.0989. The van der Waals surface area contributed by atoms with Gasteiger partial charge in [0.25, 0.3) is 5.91 Å². The Balaban J connectivity index is 1.95. The average molecular weight is 317 g/mol. The van der Waals surface area contributed by atoms with Gasteiger partial charge in [0.1, 0.15) is 0 Å². The molecule has 0 saturated heterocycles. The van der Waals surface area contributed by atoms with E-state index in [1.54, 1.807) is 4.90 Å². The van der Waals surface area contributed by atoms with Crippen LogP contribution >= 0.6 is 15.9 Å². The SMILES string of the molecule is Nc1ccc2c(c1)N(C(=O)c1ccc(Br)cc1)CC2. The summed E-state index contributed by atoms with van der Waals surface area (Å²) in [6.07, 6.45) is 0.887. The van der Waals surface area contributed by atoms with Crippen molar-refractivity contribution in [2.24, 2.45) is 0 Å². The highest BCUT2D eigenvalue weighted by Crippen LogP contribution is 2.31. The number of nitrogens with two attached hydrogens (primary N) is 1. The molecule has 0 atom stereocenters. The number of carbonyl (C=O) groups is 1. The van der Waals surface area contributed by atoms with Gasteiger partial charge in [-0.1, -0.05) is 22.0 Å². The third-order valence-corrected chi connectivity index (χ3v) is 3.87. The van der Waals surface area contributed by atoms with Gasteiger partial charge in [0, 0.05) is 28.0 Å². The van der Waals surface area contributed by atoms with Gasteiger partial charge in [0.15, 0.2) is 0 Å². The first-order valence-electron chi connectivity index (χ1n) is 6.11. The second-order valence-electron chi connectivity index (χ2n) is 4.60. The summed E-state index contributed by atoms with van der Waals surface area (Å²) < 4.78 is 0.968. The number of hydrogen-bond donors (Lipinski definition) is 1. The van der Waals surface area contributed by atoms with Gasteiger partial charge in [-0.25, -0.2) is 0 Å². The van der Waals surface area contributed by atoms with Gasteiger partial charge in [-0.2, -0.15) is 0 Å². The van der Waals surface area contributed by atoms with Crippen molar-refractivity contribution in [1.29, 1.82) is 0 Å². The number of rotatable bonds is 1. The molecule has 1 amide bonds. The van der Waals surface area contributed by atoms with Gasteiger partial charge in [-0.15, -0.1) is 0 Å². The predicted molar refractivity (Wildman–Crippen MR) is 80.4 cm³/mol. The molecule has 1 aliphatic rings. The fourth-order valence-electron chi connectivity index (χ4n) is 2.36. The first-order chi connectivity index (χ1) is 9.15. The Bertz CT molecular complexity index is 637. The second kappa shape index (κ2) is 4.70. The molecule has 1 heterocycles. The van der Waals surface area contributed by atoms with Gasteiger partial charge < -0.3 is 10.6 Å². The first-order valence-corrected chi connectivity index (χ1v) is 6.90. The van der Waals surface area contributed by atoms with Crippen molar-refractivity contribution < 1.29 is 4.79 Å². The molecule has 2 aromatic carbocycles. The zero-order valence-corrected chi connectivity index (χ0v) is 11.9. The standard InChI is InChI=1S/C15H13BrN2O/c16-12-4-1-11(2-5-12)15(19)18-8-7-10-3-6-13(17)9-14(10)18/h1-6,9H,7-8,17H2. The van der Waals surface area contributed by atoms with E-state index in [9.17, 15) is 4.79 Å². The Morgan fingerprint density at radius 3 is 2.63 bits per heavy atom. The van der Waals surface area contributed by atoms with Crippen molar-refractivity contribution in [3.05, 3.63) is 58.1 Å². The van der Waals surface area contributed by atoms with E-state index < -0.39 is 0 Å². The summed E-state index contributed by atoms with van der Waals surface area (Å²) in [5.74, 6) is 0.0249. The van der Waals surface area contributed by atoms with Crippen LogP contribution in [0.4, 0.5) is 11.4 Å². The van der Waals surface area contributed by atoms with Gasteiger partial charge in [0.05, 0.1) is 0 Å². The predicted octanol–water partition coefficient (Wildman–Crippen LogP) is 3.23. The highest BCUT2D eigenvalue weighted by molar-refractivity contribution is 9.10. The summed E-state index contributed by atoms with van der Waals surface area (Å²) in [6, 6.07) is 13.2. The maximum Gasteiger partial charge on any atom is 0.258 e. The number of halogens is 1. The van der Waals surface area contributed by atoms with E-state index in [1.165, 1.54) is 5.56 Å². The Labute approximate surface area is 120 Å². The number of hydrogen-bond acceptors (Lipinski definition) is 2. The molecule has 96 valence electrons. The molecule has 2 aromatic rings. The summed E-state index contributed by atoms with van der Waals surface area (Å²) >= 11 is 3.37. The number of nitrogens with zero attached hydrogens (tertiary/aromatic N) is 1. The summed E-state index contributed by atoms with van der Waals surface area (Å²) in [7, 11) is 0. The van der Waals surface area contributed by atoms with Crippen molar-refractivity contribution >= 4 is 33.2 Å². The largest absolute Gasteiger partial charge is 0.399 e. The van der Waals surface area contributed by atoms with E-state index in [0.29, 0.717) is 17.8 Å². The monoisotopic (exact) mass is 316 g/mol. The van der Waals surface area contributed by atoms with Crippen LogP contribution in [0.25, 0.3) is 0 Å². The summed E-state index contributed by atoms with van der Waals surface area (Å²) in [5.41, 5.74) is 9.31. The molecule has 3 nitrogen and oxygen atoms in total. The van der Waals surface area contributed by atoms with E-state index in [0.717, 1.165) is 16.6 Å². The van der Waals surface area contributed by atoms with E-state index in [1.807, 2.05) is 42.5 Å². The first kappa shape index (κ1) is 12.2. The second-order valence-corrected chi connectivity index (χ2v) is 5.52. The Morgan fingerprint density at radius 1 is 1.16 bits per heavy atom. The van der Waals surface area contributed by atoms with Gasteiger partial charge in [-0.05, 0) is 48.4 Å². The fraction of sp³-hybridized carbons (Fsp3) is 0.133. The van der Waals surface area contributed by atoms with Crippen LogP contribution in [0.1, 0.15) is 15.9 Å². The van der Waals surface area contributed by atoms with Crippen molar-refractivity contribution in [2.45, 2.75) is 6.42 Å². The average Bonchev–Trinajstić information content (AvgIpc) is 2.81. The molecular weight excluding hydrogens is 304 g/mol. The van der Waals surface area contributed by atoms with Crippen LogP contribution in [0.3, 0.4) is 0 Å². The van der Waals surface area contributed by atoms with Crippen molar-refractivity contribution in [3.8, 4) is 0 Å². The van der Waals surface area contributed by atoms with Crippen molar-refractivity contribution in [2.75, 3.05) is 17.2 Å². The molecule has 0 unspecified atom stereocenters. The molecule has 0 aliphatic carbocycles. The smallest absolute Gasteiger partial charge is 0.258 e. The quantitative estimate of drug-likeness (QED) is 0.821. The Morgan fingerprint density at radius 2 is 1.89 bits per heavy atom. The number of nitrogen functional groups attached to an aromatic ring is 1. The highest BCUT2D eigenvalue weighted by Gasteiger charge is 2.25. The van der Waals surface area contributed by atoms with Crippen LogP contribution in [-0.2, 0) is 6.42 Å². The van der Waals surface area contributed by atoms with Crippen LogP contribution in [0.15, 0.2) is 46.9 Å². The minimum Gasteiger partial charge on any atom is -0.399 e. The summed E-state index contributed by atoms with van der Waals surface area (Å²) in [5, 5.41) is 0. The minimum absolute atomic E-state index is 0.0249. The fourth-order valence-corrected chi connectivity index (χ4v) is 2.62. The van der Waals surface area contributed by atoms with Gasteiger partial charge in [0.2, 0.25) is 0 Å². The van der Waals surface area contributed by atoms with Crippen molar-refractivity contribution in [1.82, 2.24) is 0 Å². The molecule has 2 N–H and O–H groups in total. The highest BCUT2D eigenvalue weighted by atomic mass is 79.9.